The molecule has 0 aliphatic carbocycles. The summed E-state index contributed by atoms with van der Waals surface area (Å²) < 4.78 is 29.6. The zero-order valence-electron chi connectivity index (χ0n) is 17.5. The van der Waals surface area contributed by atoms with Gasteiger partial charge in [-0.25, -0.2) is 18.3 Å². The first-order valence-electron chi connectivity index (χ1n) is 10.1. The van der Waals surface area contributed by atoms with Gasteiger partial charge in [0.15, 0.2) is 11.5 Å². The lowest BCUT2D eigenvalue weighted by molar-refractivity contribution is 0.0953. The fourth-order valence-corrected chi connectivity index (χ4v) is 3.93. The van der Waals surface area contributed by atoms with Gasteiger partial charge in [0.25, 0.3) is 5.91 Å². The van der Waals surface area contributed by atoms with E-state index in [9.17, 15) is 13.6 Å². The lowest BCUT2D eigenvalue weighted by Gasteiger charge is -2.26. The van der Waals surface area contributed by atoms with Crippen molar-refractivity contribution in [3.05, 3.63) is 53.2 Å². The first-order chi connectivity index (χ1) is 14.8. The van der Waals surface area contributed by atoms with E-state index in [1.165, 1.54) is 10.6 Å². The van der Waals surface area contributed by atoms with Crippen molar-refractivity contribution in [2.24, 2.45) is 0 Å². The van der Waals surface area contributed by atoms with Gasteiger partial charge in [0, 0.05) is 31.4 Å². The number of amides is 1. The number of nitrogens with one attached hydrogen (secondary N) is 1. The predicted octanol–water partition coefficient (Wildman–Crippen LogP) is 2.22. The molecule has 1 atom stereocenters. The van der Waals surface area contributed by atoms with Crippen LogP contribution in [0.1, 0.15) is 34.8 Å². The normalized spacial score (nSPS) is 16.4. The van der Waals surface area contributed by atoms with Gasteiger partial charge < -0.3 is 20.9 Å². The number of nitrogens with zero attached hydrogens (tertiary/aromatic N) is 5. The Labute approximate surface area is 178 Å². The van der Waals surface area contributed by atoms with E-state index in [4.69, 9.17) is 5.73 Å². The second kappa shape index (κ2) is 8.46. The van der Waals surface area contributed by atoms with Gasteiger partial charge in [-0.3, -0.25) is 4.79 Å². The third kappa shape index (κ3) is 4.15. The Balaban J connectivity index is 1.67. The van der Waals surface area contributed by atoms with Crippen molar-refractivity contribution in [1.82, 2.24) is 24.8 Å². The molecule has 0 unspecified atom stereocenters. The van der Waals surface area contributed by atoms with E-state index < -0.39 is 11.6 Å². The van der Waals surface area contributed by atoms with Crippen LogP contribution in [-0.2, 0) is 0 Å². The van der Waals surface area contributed by atoms with Crippen molar-refractivity contribution in [3.63, 3.8) is 0 Å². The number of carbonyl (C=O) groups is 1. The van der Waals surface area contributed by atoms with Gasteiger partial charge in [-0.05, 0) is 51.2 Å². The van der Waals surface area contributed by atoms with Crippen molar-refractivity contribution in [2.45, 2.75) is 18.9 Å². The van der Waals surface area contributed by atoms with E-state index in [0.717, 1.165) is 18.6 Å². The molecule has 2 aromatic heterocycles. The maximum atomic E-state index is 14.4. The Bertz CT molecular complexity index is 1110. The van der Waals surface area contributed by atoms with Crippen molar-refractivity contribution >= 4 is 23.2 Å². The molecule has 31 heavy (non-hydrogen) atoms. The average Bonchev–Trinajstić information content (AvgIpc) is 3.32. The van der Waals surface area contributed by atoms with Gasteiger partial charge in [0.05, 0.1) is 6.04 Å². The van der Waals surface area contributed by atoms with Crippen molar-refractivity contribution in [2.75, 3.05) is 44.4 Å². The molecule has 0 spiro atoms. The van der Waals surface area contributed by atoms with Crippen LogP contribution in [0.3, 0.4) is 0 Å². The zero-order valence-corrected chi connectivity index (χ0v) is 17.5. The molecule has 0 bridgehead atoms. The molecule has 10 heteroatoms. The third-order valence-electron chi connectivity index (χ3n) is 5.43. The molecule has 1 saturated heterocycles. The highest BCUT2D eigenvalue weighted by atomic mass is 19.1. The summed E-state index contributed by atoms with van der Waals surface area (Å²) in [6.45, 7) is 1.77. The van der Waals surface area contributed by atoms with Crippen LogP contribution >= 0.6 is 0 Å². The van der Waals surface area contributed by atoms with E-state index in [1.807, 2.05) is 23.9 Å². The molecule has 164 valence electrons. The number of aromatic nitrogens is 3. The van der Waals surface area contributed by atoms with Gasteiger partial charge in [0.1, 0.15) is 23.0 Å². The second-order valence-electron chi connectivity index (χ2n) is 7.89. The summed E-state index contributed by atoms with van der Waals surface area (Å²) in [7, 11) is 3.83. The van der Waals surface area contributed by atoms with E-state index in [1.54, 1.807) is 12.3 Å². The second-order valence-corrected chi connectivity index (χ2v) is 7.89. The fourth-order valence-electron chi connectivity index (χ4n) is 3.93. The van der Waals surface area contributed by atoms with Crippen molar-refractivity contribution in [1.29, 1.82) is 0 Å². The van der Waals surface area contributed by atoms with E-state index in [-0.39, 0.29) is 23.3 Å². The van der Waals surface area contributed by atoms with Gasteiger partial charge in [-0.15, -0.1) is 5.10 Å². The molecule has 1 aliphatic rings. The summed E-state index contributed by atoms with van der Waals surface area (Å²) in [4.78, 5) is 21.2. The Morgan fingerprint density at radius 3 is 2.90 bits per heavy atom. The number of hydrogen-bond donors (Lipinski definition) is 2. The fraction of sp³-hybridized carbons (Fsp3) is 0.381. The largest absolute Gasteiger partial charge is 0.381 e. The minimum absolute atomic E-state index is 0.0844. The van der Waals surface area contributed by atoms with Gasteiger partial charge in [-0.1, -0.05) is 0 Å². The van der Waals surface area contributed by atoms with Crippen LogP contribution in [0, 0.1) is 11.6 Å². The van der Waals surface area contributed by atoms with Crippen LogP contribution < -0.4 is 16.0 Å². The molecule has 8 nitrogen and oxygen atoms in total. The minimum atomic E-state index is -0.480. The summed E-state index contributed by atoms with van der Waals surface area (Å²) in [6, 6.07) is 4.88. The molecule has 1 aromatic carbocycles. The summed E-state index contributed by atoms with van der Waals surface area (Å²) in [5.41, 5.74) is 6.82. The number of benzene rings is 1. The highest BCUT2D eigenvalue weighted by molar-refractivity contribution is 6.04. The van der Waals surface area contributed by atoms with Gasteiger partial charge >= 0.3 is 0 Å². The Kier molecular flexibility index (Phi) is 5.73. The summed E-state index contributed by atoms with van der Waals surface area (Å²) >= 11 is 0. The number of nitrogens with two attached hydrogens (primary N) is 1. The van der Waals surface area contributed by atoms with Crippen LogP contribution in [0.25, 0.3) is 5.65 Å². The Hall–Kier alpha value is -3.27. The molecule has 4 rings (SSSR count). The molecule has 0 saturated carbocycles. The molecule has 3 N–H and O–H groups in total. The minimum Gasteiger partial charge on any atom is -0.381 e. The number of rotatable bonds is 6. The van der Waals surface area contributed by atoms with E-state index in [2.05, 4.69) is 15.4 Å². The molecular weight excluding hydrogens is 404 g/mol. The smallest absolute Gasteiger partial charge is 0.259 e. The van der Waals surface area contributed by atoms with E-state index >= 15 is 0 Å². The number of nitrogen functional groups attached to an aromatic ring is 1. The number of anilines is 2. The number of fused-ring (bicyclic) bond motifs is 1. The van der Waals surface area contributed by atoms with Gasteiger partial charge in [0.2, 0.25) is 0 Å². The Morgan fingerprint density at radius 1 is 1.32 bits per heavy atom. The van der Waals surface area contributed by atoms with Crippen molar-refractivity contribution in [3.8, 4) is 0 Å². The van der Waals surface area contributed by atoms with Crippen LogP contribution in [0.2, 0.25) is 0 Å². The van der Waals surface area contributed by atoms with Crippen LogP contribution in [0.15, 0.2) is 30.5 Å². The maximum Gasteiger partial charge on any atom is 0.259 e. The number of carbonyl (C=O) groups excluding carboxylic acids is 1. The summed E-state index contributed by atoms with van der Waals surface area (Å²) in [6.07, 6.45) is 3.15. The average molecular weight is 429 g/mol. The molecule has 0 radical (unpaired) electrons. The highest BCUT2D eigenvalue weighted by Gasteiger charge is 2.30. The number of likely N-dealkylation sites (N-methyl/N-ethyl adjacent to an activating group) is 1. The first kappa shape index (κ1) is 21.0. The molecule has 1 amide bonds. The van der Waals surface area contributed by atoms with E-state index in [0.29, 0.717) is 43.1 Å². The Morgan fingerprint density at radius 2 is 2.13 bits per heavy atom. The summed E-state index contributed by atoms with van der Waals surface area (Å²) in [5, 5.41) is 7.01. The monoisotopic (exact) mass is 429 g/mol. The van der Waals surface area contributed by atoms with Gasteiger partial charge in [-0.2, -0.15) is 0 Å². The molecular formula is C21H25F2N7O. The third-order valence-corrected chi connectivity index (χ3v) is 5.43. The lowest BCUT2D eigenvalue weighted by Crippen LogP contribution is -2.31. The first-order valence-corrected chi connectivity index (χ1v) is 10.1. The number of halogens is 2. The number of hydrogen-bond acceptors (Lipinski definition) is 6. The molecule has 1 fully saturated rings. The molecule has 1 aliphatic heterocycles. The maximum absolute atomic E-state index is 14.4. The standard InChI is InChI=1S/C21H25F2N7O/c1-28(2)11-8-25-21(31)18-19(24)27-30-10-7-17(26-20(18)30)29-9-3-4-16(29)14-12-13(22)5-6-15(14)23/h5-7,10,12,16H,3-4,8-9,11H2,1-2H3,(H2,24,27)(H,25,31)/t16-/m1/s1. The van der Waals surface area contributed by atoms with Crippen molar-refractivity contribution < 1.29 is 13.6 Å². The highest BCUT2D eigenvalue weighted by Crippen LogP contribution is 2.37. The van der Waals surface area contributed by atoms with Crippen LogP contribution in [0.4, 0.5) is 20.4 Å². The zero-order chi connectivity index (χ0) is 22.1. The van der Waals surface area contributed by atoms with Crippen LogP contribution in [-0.4, -0.2) is 59.1 Å². The predicted molar refractivity (Wildman–Crippen MR) is 114 cm³/mol. The topological polar surface area (TPSA) is 91.8 Å². The molecule has 3 heterocycles. The quantitative estimate of drug-likeness (QED) is 0.624. The summed E-state index contributed by atoms with van der Waals surface area (Å²) in [5.74, 6) is -0.643. The van der Waals surface area contributed by atoms with Crippen LogP contribution in [0.5, 0.6) is 0 Å². The SMILES string of the molecule is CN(C)CCNC(=O)c1c(N)nn2ccc(N3CCC[C@@H]3c3cc(F)ccc3F)nc12. The lowest BCUT2D eigenvalue weighted by atomic mass is 10.0. The molecule has 3 aromatic rings.